The molecular formula is C18H22N2O4S. The second-order valence-electron chi connectivity index (χ2n) is 5.99. The van der Waals surface area contributed by atoms with Gasteiger partial charge in [-0.1, -0.05) is 30.3 Å². The minimum absolute atomic E-state index is 0.0423. The van der Waals surface area contributed by atoms with Gasteiger partial charge < -0.3 is 0 Å². The highest BCUT2D eigenvalue weighted by Gasteiger charge is 2.17. The van der Waals surface area contributed by atoms with Crippen molar-refractivity contribution in [1.82, 2.24) is 4.90 Å². The third-order valence-electron chi connectivity index (χ3n) is 4.25. The van der Waals surface area contributed by atoms with E-state index in [0.29, 0.717) is 17.9 Å². The molecule has 2 aromatic rings. The Kier molecular flexibility index (Phi) is 6.27. The van der Waals surface area contributed by atoms with Crippen molar-refractivity contribution in [1.29, 1.82) is 0 Å². The highest BCUT2D eigenvalue weighted by Crippen LogP contribution is 2.23. The van der Waals surface area contributed by atoms with Crippen molar-refractivity contribution in [3.63, 3.8) is 0 Å². The van der Waals surface area contributed by atoms with Gasteiger partial charge in [0.2, 0.25) is 0 Å². The molecule has 25 heavy (non-hydrogen) atoms. The lowest BCUT2D eigenvalue weighted by Crippen LogP contribution is -2.25. The van der Waals surface area contributed by atoms with E-state index in [9.17, 15) is 18.5 Å². The Morgan fingerprint density at radius 2 is 1.80 bits per heavy atom. The fourth-order valence-corrected chi connectivity index (χ4v) is 3.91. The normalized spacial score (nSPS) is 12.9. The molecule has 1 unspecified atom stereocenters. The van der Waals surface area contributed by atoms with E-state index in [1.165, 1.54) is 6.07 Å². The monoisotopic (exact) mass is 362 g/mol. The van der Waals surface area contributed by atoms with E-state index in [1.807, 2.05) is 24.9 Å². The van der Waals surface area contributed by atoms with Crippen LogP contribution >= 0.6 is 0 Å². The molecule has 2 aromatic carbocycles. The topological polar surface area (TPSA) is 80.5 Å². The van der Waals surface area contributed by atoms with Crippen LogP contribution in [-0.2, 0) is 9.84 Å². The molecule has 0 heterocycles. The quantitative estimate of drug-likeness (QED) is 0.531. The van der Waals surface area contributed by atoms with Crippen molar-refractivity contribution >= 4 is 15.5 Å². The third kappa shape index (κ3) is 5.11. The lowest BCUT2D eigenvalue weighted by atomic mass is 10.1. The van der Waals surface area contributed by atoms with Crippen LogP contribution < -0.4 is 0 Å². The van der Waals surface area contributed by atoms with Crippen LogP contribution in [0.3, 0.4) is 0 Å². The molecule has 0 amide bonds. The number of non-ortho nitro benzene ring substituents is 1. The minimum atomic E-state index is -3.28. The smallest absolute Gasteiger partial charge is 0.269 e. The number of hydrogen-bond donors (Lipinski definition) is 0. The molecule has 0 saturated heterocycles. The number of nitro benzene ring substituents is 1. The molecule has 7 heteroatoms. The first kappa shape index (κ1) is 19.1. The van der Waals surface area contributed by atoms with Crippen molar-refractivity contribution in [2.24, 2.45) is 0 Å². The predicted octanol–water partition coefficient (Wildman–Crippen LogP) is 3.45. The zero-order chi connectivity index (χ0) is 18.4. The van der Waals surface area contributed by atoms with Gasteiger partial charge in [0.15, 0.2) is 9.84 Å². The Balaban J connectivity index is 1.95. The zero-order valence-electron chi connectivity index (χ0n) is 14.3. The van der Waals surface area contributed by atoms with Gasteiger partial charge in [-0.05, 0) is 44.6 Å². The maximum atomic E-state index is 12.3. The van der Waals surface area contributed by atoms with E-state index in [0.717, 1.165) is 5.56 Å². The minimum Gasteiger partial charge on any atom is -0.300 e. The highest BCUT2D eigenvalue weighted by atomic mass is 32.2. The summed E-state index contributed by atoms with van der Waals surface area (Å²) >= 11 is 0. The van der Waals surface area contributed by atoms with Crippen LogP contribution in [0.2, 0.25) is 0 Å². The SMILES string of the molecule is CC(c1cccc([N+](=O)[O-])c1)N(C)CCCS(=O)(=O)c1ccccc1. The van der Waals surface area contributed by atoms with Gasteiger partial charge >= 0.3 is 0 Å². The molecule has 0 fully saturated rings. The second-order valence-corrected chi connectivity index (χ2v) is 8.10. The number of rotatable bonds is 8. The van der Waals surface area contributed by atoms with Crippen LogP contribution in [0.25, 0.3) is 0 Å². The molecular weight excluding hydrogens is 340 g/mol. The van der Waals surface area contributed by atoms with Gasteiger partial charge in [-0.3, -0.25) is 15.0 Å². The van der Waals surface area contributed by atoms with Crippen LogP contribution in [0.1, 0.15) is 24.9 Å². The van der Waals surface area contributed by atoms with E-state index < -0.39 is 14.8 Å². The summed E-state index contributed by atoms with van der Waals surface area (Å²) in [5.41, 5.74) is 0.895. The summed E-state index contributed by atoms with van der Waals surface area (Å²) in [5, 5.41) is 10.9. The average molecular weight is 362 g/mol. The van der Waals surface area contributed by atoms with Crippen molar-refractivity contribution in [2.75, 3.05) is 19.3 Å². The van der Waals surface area contributed by atoms with E-state index in [4.69, 9.17) is 0 Å². The molecule has 0 aliphatic heterocycles. The molecule has 0 radical (unpaired) electrons. The first-order valence-electron chi connectivity index (χ1n) is 8.03. The highest BCUT2D eigenvalue weighted by molar-refractivity contribution is 7.91. The third-order valence-corrected chi connectivity index (χ3v) is 6.07. The Labute approximate surface area is 148 Å². The number of sulfone groups is 1. The van der Waals surface area contributed by atoms with Gasteiger partial charge in [0.1, 0.15) is 0 Å². The molecule has 0 bridgehead atoms. The molecule has 1 atom stereocenters. The van der Waals surface area contributed by atoms with Gasteiger partial charge in [-0.2, -0.15) is 0 Å². The molecule has 0 saturated carbocycles. The number of nitrogens with zero attached hydrogens (tertiary/aromatic N) is 2. The van der Waals surface area contributed by atoms with Crippen LogP contribution in [0, 0.1) is 10.1 Å². The number of nitro groups is 1. The van der Waals surface area contributed by atoms with Gasteiger partial charge in [0, 0.05) is 18.2 Å². The summed E-state index contributed by atoms with van der Waals surface area (Å²) in [6, 6.07) is 14.9. The van der Waals surface area contributed by atoms with E-state index in [1.54, 1.807) is 42.5 Å². The Morgan fingerprint density at radius 1 is 1.12 bits per heavy atom. The van der Waals surface area contributed by atoms with Crippen LogP contribution in [0.15, 0.2) is 59.5 Å². The summed E-state index contributed by atoms with van der Waals surface area (Å²) in [4.78, 5) is 12.8. The average Bonchev–Trinajstić information content (AvgIpc) is 2.61. The van der Waals surface area contributed by atoms with Crippen molar-refractivity contribution in [3.05, 3.63) is 70.3 Å². The first-order valence-corrected chi connectivity index (χ1v) is 9.69. The van der Waals surface area contributed by atoms with Crippen molar-refractivity contribution in [2.45, 2.75) is 24.3 Å². The van der Waals surface area contributed by atoms with Gasteiger partial charge in [-0.15, -0.1) is 0 Å². The van der Waals surface area contributed by atoms with Crippen LogP contribution in [0.5, 0.6) is 0 Å². The summed E-state index contributed by atoms with van der Waals surface area (Å²) in [7, 11) is -1.39. The summed E-state index contributed by atoms with van der Waals surface area (Å²) < 4.78 is 24.6. The van der Waals surface area contributed by atoms with Gasteiger partial charge in [-0.25, -0.2) is 8.42 Å². The molecule has 2 rings (SSSR count). The molecule has 6 nitrogen and oxygen atoms in total. The first-order chi connectivity index (χ1) is 11.8. The number of benzene rings is 2. The fraction of sp³-hybridized carbons (Fsp3) is 0.333. The summed E-state index contributed by atoms with van der Waals surface area (Å²) in [5.74, 6) is 0.0724. The van der Waals surface area contributed by atoms with E-state index in [-0.39, 0.29) is 17.5 Å². The molecule has 0 N–H and O–H groups in total. The van der Waals surface area contributed by atoms with E-state index >= 15 is 0 Å². The molecule has 0 spiro atoms. The Bertz CT molecular complexity index is 822. The lowest BCUT2D eigenvalue weighted by molar-refractivity contribution is -0.384. The predicted molar refractivity (Wildman–Crippen MR) is 97.3 cm³/mol. The van der Waals surface area contributed by atoms with E-state index in [2.05, 4.69) is 0 Å². The van der Waals surface area contributed by atoms with Crippen molar-refractivity contribution < 1.29 is 13.3 Å². The lowest BCUT2D eigenvalue weighted by Gasteiger charge is -2.24. The Hall–Kier alpha value is -2.25. The maximum Gasteiger partial charge on any atom is 0.269 e. The molecule has 0 aliphatic carbocycles. The maximum absolute atomic E-state index is 12.3. The van der Waals surface area contributed by atoms with Gasteiger partial charge in [0.05, 0.1) is 15.6 Å². The molecule has 134 valence electrons. The van der Waals surface area contributed by atoms with Gasteiger partial charge in [0.25, 0.3) is 5.69 Å². The Morgan fingerprint density at radius 3 is 2.44 bits per heavy atom. The molecule has 0 aromatic heterocycles. The second kappa shape index (κ2) is 8.22. The fourth-order valence-electron chi connectivity index (χ4n) is 2.60. The summed E-state index contributed by atoms with van der Waals surface area (Å²) in [6.07, 6.45) is 0.493. The standard InChI is InChI=1S/C18H22N2O4S/c1-15(16-8-6-9-17(14-16)20(21)22)19(2)12-7-13-25(23,24)18-10-4-3-5-11-18/h3-6,8-11,14-15H,7,12-13H2,1-2H3. The van der Waals surface area contributed by atoms with Crippen LogP contribution in [0.4, 0.5) is 5.69 Å². The van der Waals surface area contributed by atoms with Crippen molar-refractivity contribution in [3.8, 4) is 0 Å². The zero-order valence-corrected chi connectivity index (χ0v) is 15.1. The summed E-state index contributed by atoms with van der Waals surface area (Å²) in [6.45, 7) is 2.53. The van der Waals surface area contributed by atoms with Crippen LogP contribution in [-0.4, -0.2) is 37.6 Å². The molecule has 0 aliphatic rings. The largest absolute Gasteiger partial charge is 0.300 e. The number of hydrogen-bond acceptors (Lipinski definition) is 5.